The van der Waals surface area contributed by atoms with Gasteiger partial charge in [-0.05, 0) is 24.8 Å². The third kappa shape index (κ3) is 4.71. The topological polar surface area (TPSA) is 68.9 Å². The lowest BCUT2D eigenvalue weighted by molar-refractivity contribution is -0.119. The summed E-state index contributed by atoms with van der Waals surface area (Å²) >= 11 is 1.36. The van der Waals surface area contributed by atoms with E-state index in [4.69, 9.17) is 4.98 Å². The number of carbonyl (C=O) groups is 1. The molecule has 4 rings (SSSR count). The van der Waals surface area contributed by atoms with E-state index in [9.17, 15) is 9.59 Å². The van der Waals surface area contributed by atoms with Gasteiger partial charge in [0.1, 0.15) is 11.0 Å². The molecule has 0 radical (unpaired) electrons. The number of fused-ring (bicyclic) bond motifs is 1. The summed E-state index contributed by atoms with van der Waals surface area (Å²) in [4.78, 5) is 30.8. The van der Waals surface area contributed by atoms with Crippen LogP contribution in [0.4, 0.5) is 0 Å². The summed E-state index contributed by atoms with van der Waals surface area (Å²) in [7, 11) is 1.89. The summed E-state index contributed by atoms with van der Waals surface area (Å²) in [6, 6.07) is 10.3. The van der Waals surface area contributed by atoms with Crippen LogP contribution < -0.4 is 10.9 Å². The Morgan fingerprint density at radius 3 is 2.65 bits per heavy atom. The molecule has 0 spiro atoms. The first-order valence-electron chi connectivity index (χ1n) is 11.2. The van der Waals surface area contributed by atoms with Gasteiger partial charge in [-0.2, -0.15) is 0 Å². The van der Waals surface area contributed by atoms with Gasteiger partial charge in [0, 0.05) is 31.4 Å². The van der Waals surface area contributed by atoms with Crippen molar-refractivity contribution in [1.29, 1.82) is 0 Å². The second-order valence-corrected chi connectivity index (χ2v) is 9.20. The molecule has 1 aromatic carbocycles. The zero-order valence-electron chi connectivity index (χ0n) is 18.3. The van der Waals surface area contributed by atoms with E-state index in [-0.39, 0.29) is 23.3 Å². The minimum Gasteiger partial charge on any atom is -0.353 e. The highest BCUT2D eigenvalue weighted by atomic mass is 32.2. The van der Waals surface area contributed by atoms with Crippen LogP contribution in [-0.4, -0.2) is 31.8 Å². The quantitative estimate of drug-likeness (QED) is 0.440. The minimum atomic E-state index is -0.0493. The van der Waals surface area contributed by atoms with Crippen molar-refractivity contribution in [1.82, 2.24) is 19.4 Å². The molecule has 1 N–H and O–H groups in total. The molecule has 2 aromatic heterocycles. The molecule has 6 nitrogen and oxygen atoms in total. The predicted octanol–water partition coefficient (Wildman–Crippen LogP) is 4.35. The minimum absolute atomic E-state index is 0.0191. The number of thioether (sulfide) groups is 1. The lowest BCUT2D eigenvalue weighted by atomic mass is 9.95. The number of rotatable bonds is 7. The number of benzene rings is 1. The summed E-state index contributed by atoms with van der Waals surface area (Å²) in [5.74, 6) is 0.289. The first kappa shape index (κ1) is 21.7. The second-order valence-electron chi connectivity index (χ2n) is 8.26. The van der Waals surface area contributed by atoms with Gasteiger partial charge in [0.15, 0.2) is 5.16 Å². The van der Waals surface area contributed by atoms with E-state index in [0.29, 0.717) is 22.7 Å². The maximum atomic E-state index is 13.4. The summed E-state index contributed by atoms with van der Waals surface area (Å²) in [5.41, 5.74) is 3.21. The number of hydrogen-bond acceptors (Lipinski definition) is 4. The molecule has 1 aliphatic carbocycles. The molecular weight excluding hydrogens is 408 g/mol. The van der Waals surface area contributed by atoms with Crippen molar-refractivity contribution < 1.29 is 4.79 Å². The van der Waals surface area contributed by atoms with E-state index < -0.39 is 0 Å². The molecular formula is C24H30N4O2S. The molecule has 1 fully saturated rings. The molecule has 1 saturated carbocycles. The Hall–Kier alpha value is -2.54. The first-order valence-corrected chi connectivity index (χ1v) is 12.1. The molecule has 7 heteroatoms. The Balaban J connectivity index is 1.65. The third-order valence-electron chi connectivity index (χ3n) is 5.88. The number of aryl methyl sites for hydroxylation is 1. The fourth-order valence-corrected chi connectivity index (χ4v) is 5.19. The molecule has 0 saturated heterocycles. The van der Waals surface area contributed by atoms with Gasteiger partial charge in [0.05, 0.1) is 5.75 Å². The summed E-state index contributed by atoms with van der Waals surface area (Å²) in [6.45, 7) is 2.63. The second kappa shape index (κ2) is 9.73. The van der Waals surface area contributed by atoms with Crippen LogP contribution in [0.3, 0.4) is 0 Å². The Bertz CT molecular complexity index is 1110. The number of nitrogens with zero attached hydrogens (tertiary/aromatic N) is 3. The van der Waals surface area contributed by atoms with Gasteiger partial charge in [-0.1, -0.05) is 68.3 Å². The normalized spacial score (nSPS) is 14.8. The van der Waals surface area contributed by atoms with Gasteiger partial charge < -0.3 is 9.88 Å². The standard InChI is InChI=1S/C24H30N4O2S/c1-3-14-28-23(30)22-21(19(15-27(22)2)17-10-6-4-7-11-17)26-24(28)31-16-20(29)25-18-12-8-5-9-13-18/h4,6-7,10-11,15,18H,3,5,8-9,12-14,16H2,1-2H3,(H,25,29). The highest BCUT2D eigenvalue weighted by Gasteiger charge is 2.20. The number of hydrogen-bond donors (Lipinski definition) is 1. The summed E-state index contributed by atoms with van der Waals surface area (Å²) in [6.07, 6.45) is 8.54. The highest BCUT2D eigenvalue weighted by molar-refractivity contribution is 7.99. The summed E-state index contributed by atoms with van der Waals surface area (Å²) < 4.78 is 3.58. The van der Waals surface area contributed by atoms with Gasteiger partial charge >= 0.3 is 0 Å². The van der Waals surface area contributed by atoms with Gasteiger partial charge in [-0.3, -0.25) is 14.2 Å². The van der Waals surface area contributed by atoms with Crippen molar-refractivity contribution in [3.05, 3.63) is 46.9 Å². The first-order chi connectivity index (χ1) is 15.1. The molecule has 0 bridgehead atoms. The van der Waals surface area contributed by atoms with Crippen molar-refractivity contribution in [3.63, 3.8) is 0 Å². The Kier molecular flexibility index (Phi) is 6.80. The lowest BCUT2D eigenvalue weighted by Crippen LogP contribution is -2.37. The molecule has 1 amide bonds. The molecule has 1 aliphatic rings. The van der Waals surface area contributed by atoms with E-state index in [0.717, 1.165) is 30.4 Å². The van der Waals surface area contributed by atoms with Crippen LogP contribution in [0.15, 0.2) is 46.5 Å². The molecule has 31 heavy (non-hydrogen) atoms. The van der Waals surface area contributed by atoms with Crippen molar-refractivity contribution in [2.75, 3.05) is 5.75 Å². The van der Waals surface area contributed by atoms with E-state index in [1.54, 1.807) is 4.57 Å². The van der Waals surface area contributed by atoms with E-state index in [2.05, 4.69) is 5.32 Å². The van der Waals surface area contributed by atoms with Crippen molar-refractivity contribution in [2.45, 2.75) is 63.2 Å². The van der Waals surface area contributed by atoms with E-state index >= 15 is 0 Å². The average Bonchev–Trinajstić information content (AvgIpc) is 3.12. The Morgan fingerprint density at radius 2 is 1.94 bits per heavy atom. The van der Waals surface area contributed by atoms with Crippen LogP contribution in [0, 0.1) is 0 Å². The van der Waals surface area contributed by atoms with E-state index in [1.165, 1.54) is 31.0 Å². The van der Waals surface area contributed by atoms with E-state index in [1.807, 2.05) is 55.1 Å². The monoisotopic (exact) mass is 438 g/mol. The van der Waals surface area contributed by atoms with Crippen LogP contribution in [0.1, 0.15) is 45.4 Å². The fraction of sp³-hybridized carbons (Fsp3) is 0.458. The maximum Gasteiger partial charge on any atom is 0.278 e. The van der Waals surface area contributed by atoms with Crippen LogP contribution in [-0.2, 0) is 18.4 Å². The van der Waals surface area contributed by atoms with Gasteiger partial charge in [-0.25, -0.2) is 4.98 Å². The maximum absolute atomic E-state index is 13.4. The zero-order valence-corrected chi connectivity index (χ0v) is 19.1. The number of amides is 1. The van der Waals surface area contributed by atoms with Crippen LogP contribution in [0.2, 0.25) is 0 Å². The van der Waals surface area contributed by atoms with Crippen LogP contribution in [0.5, 0.6) is 0 Å². The SMILES string of the molecule is CCCn1c(SCC(=O)NC2CCCCC2)nc2c(-c3ccccc3)cn(C)c2c1=O. The smallest absolute Gasteiger partial charge is 0.278 e. The number of aromatic nitrogens is 3. The zero-order chi connectivity index (χ0) is 21.8. The molecule has 2 heterocycles. The lowest BCUT2D eigenvalue weighted by Gasteiger charge is -2.22. The van der Waals surface area contributed by atoms with Gasteiger partial charge in [0.25, 0.3) is 5.56 Å². The largest absolute Gasteiger partial charge is 0.353 e. The molecule has 0 atom stereocenters. The molecule has 164 valence electrons. The third-order valence-corrected chi connectivity index (χ3v) is 6.85. The van der Waals surface area contributed by atoms with Crippen molar-refractivity contribution in [2.24, 2.45) is 7.05 Å². The van der Waals surface area contributed by atoms with Gasteiger partial charge in [-0.15, -0.1) is 0 Å². The number of nitrogens with one attached hydrogen (secondary N) is 1. The van der Waals surface area contributed by atoms with Crippen LogP contribution in [0.25, 0.3) is 22.2 Å². The van der Waals surface area contributed by atoms with Gasteiger partial charge in [0.2, 0.25) is 5.91 Å². The Morgan fingerprint density at radius 1 is 1.19 bits per heavy atom. The molecule has 0 aliphatic heterocycles. The predicted molar refractivity (Wildman–Crippen MR) is 126 cm³/mol. The summed E-state index contributed by atoms with van der Waals surface area (Å²) in [5, 5.41) is 3.77. The van der Waals surface area contributed by atoms with Crippen molar-refractivity contribution >= 4 is 28.7 Å². The Labute approximate surface area is 187 Å². The molecule has 3 aromatic rings. The van der Waals surface area contributed by atoms with Crippen molar-refractivity contribution in [3.8, 4) is 11.1 Å². The van der Waals surface area contributed by atoms with Crippen LogP contribution >= 0.6 is 11.8 Å². The number of carbonyl (C=O) groups excluding carboxylic acids is 1. The fourth-order valence-electron chi connectivity index (χ4n) is 4.36. The highest BCUT2D eigenvalue weighted by Crippen LogP contribution is 2.29. The average molecular weight is 439 g/mol. The molecule has 0 unspecified atom stereocenters.